The van der Waals surface area contributed by atoms with Crippen LogP contribution in [-0.4, -0.2) is 187 Å². The third kappa shape index (κ3) is 21.3. The summed E-state index contributed by atoms with van der Waals surface area (Å²) in [7, 11) is 4.35. The van der Waals surface area contributed by atoms with Gasteiger partial charge in [-0.15, -0.1) is 0 Å². The number of urea groups is 1. The maximum absolute atomic E-state index is 13.5. The summed E-state index contributed by atoms with van der Waals surface area (Å²) in [6.07, 6.45) is 4.62. The number of aliphatic carboxylic acids is 1. The summed E-state index contributed by atoms with van der Waals surface area (Å²) in [6.45, 7) is 4.57. The number of nitrogens with zero attached hydrogens (tertiary/aromatic N) is 4. The van der Waals surface area contributed by atoms with Crippen molar-refractivity contribution in [2.75, 3.05) is 72.3 Å². The van der Waals surface area contributed by atoms with E-state index >= 15 is 0 Å². The fraction of sp³-hybridized carbons (Fsp3) is 0.600. The average Bonchev–Trinajstić information content (AvgIpc) is 3.99. The number of ether oxygens (including phenoxy) is 2. The van der Waals surface area contributed by atoms with E-state index < -0.39 is 103 Å². The Labute approximate surface area is 441 Å². The highest BCUT2D eigenvalue weighted by Gasteiger charge is 2.40. The van der Waals surface area contributed by atoms with Crippen molar-refractivity contribution in [3.8, 4) is 0 Å². The molecule has 0 aliphatic carbocycles. The molecule has 1 aromatic carbocycles. The van der Waals surface area contributed by atoms with Gasteiger partial charge in [0.25, 0.3) is 11.8 Å². The number of hydrogen-bond donors (Lipinski definition) is 8. The number of methoxy groups -OCH3 is 1. The van der Waals surface area contributed by atoms with Crippen molar-refractivity contribution in [1.29, 1.82) is 0 Å². The van der Waals surface area contributed by atoms with Gasteiger partial charge in [0.05, 0.1) is 24.6 Å². The van der Waals surface area contributed by atoms with Gasteiger partial charge in [0.1, 0.15) is 31.8 Å². The molecular formula is C50H75N11O15. The molecule has 76 heavy (non-hydrogen) atoms. The number of nitrogens with one attached hydrogen (secondary N) is 6. The van der Waals surface area contributed by atoms with Crippen LogP contribution in [0.4, 0.5) is 15.3 Å². The van der Waals surface area contributed by atoms with Gasteiger partial charge in [-0.3, -0.25) is 52.8 Å². The van der Waals surface area contributed by atoms with E-state index in [-0.39, 0.29) is 75.6 Å². The summed E-state index contributed by atoms with van der Waals surface area (Å²) in [4.78, 5) is 155. The molecule has 26 nitrogen and oxygen atoms in total. The Morgan fingerprint density at radius 2 is 1.47 bits per heavy atom. The van der Waals surface area contributed by atoms with Crippen molar-refractivity contribution in [3.63, 3.8) is 0 Å². The average molecular weight is 1070 g/mol. The van der Waals surface area contributed by atoms with Gasteiger partial charge in [-0.2, -0.15) is 0 Å². The van der Waals surface area contributed by atoms with Crippen LogP contribution in [0.1, 0.15) is 90.5 Å². The van der Waals surface area contributed by atoms with Crippen LogP contribution >= 0.6 is 0 Å². The number of carboxylic acids is 1. The summed E-state index contributed by atoms with van der Waals surface area (Å²) >= 11 is 0. The van der Waals surface area contributed by atoms with Gasteiger partial charge in [-0.05, 0) is 68.6 Å². The largest absolute Gasteiger partial charge is 0.480 e. The van der Waals surface area contributed by atoms with Gasteiger partial charge < -0.3 is 66.9 Å². The zero-order chi connectivity index (χ0) is 56.5. The predicted octanol–water partition coefficient (Wildman–Crippen LogP) is -0.0493. The van der Waals surface area contributed by atoms with E-state index in [9.17, 15) is 57.5 Å². The molecule has 5 atom stereocenters. The molecule has 3 rings (SSSR count). The van der Waals surface area contributed by atoms with Crippen LogP contribution in [0.2, 0.25) is 0 Å². The number of unbranched alkanes of at least 4 members (excludes halogenated alkanes) is 2. The van der Waals surface area contributed by atoms with Gasteiger partial charge in [0.15, 0.2) is 0 Å². The van der Waals surface area contributed by atoms with E-state index in [1.807, 2.05) is 0 Å². The molecule has 420 valence electrons. The minimum Gasteiger partial charge on any atom is -0.480 e. The number of hydrogen-bond acceptors (Lipinski definition) is 14. The molecular weight excluding hydrogens is 995 g/mol. The fourth-order valence-electron chi connectivity index (χ4n) is 8.43. The lowest BCUT2D eigenvalue weighted by atomic mass is 9.94. The van der Waals surface area contributed by atoms with Gasteiger partial charge in [-0.1, -0.05) is 39.3 Å². The topological polar surface area (TPSA) is 355 Å². The van der Waals surface area contributed by atoms with Crippen molar-refractivity contribution in [1.82, 2.24) is 46.2 Å². The quantitative estimate of drug-likeness (QED) is 0.0347. The highest BCUT2D eigenvalue weighted by Crippen LogP contribution is 2.27. The number of benzene rings is 1. The maximum Gasteiger partial charge on any atom is 0.410 e. The lowest BCUT2D eigenvalue weighted by Crippen LogP contribution is -2.52. The number of anilines is 1. The van der Waals surface area contributed by atoms with Crippen LogP contribution < -0.4 is 37.6 Å². The van der Waals surface area contributed by atoms with E-state index in [1.165, 1.54) is 31.2 Å². The number of carboxylic acid groups (broad SMARTS) is 1. The standard InChI is InChI=1S/C50H75N11O15/c1-31(2)44(48(72)58(4)24-12-16-40(65)60-26-11-14-36(60)45(75-6)32(3)46(70)54-28-43(68)69)57-39(64)29-59(5)50(74)76-30-33-17-19-34(20-18-33)55-47(71)35(13-10-23-52-49(51)73)56-38(63)27-53-37(62)15-8-7-9-25-61-41(66)21-22-42(61)67/h17-22,31-32,35-36,44-45H,7-16,23-30H2,1-6H3,(H,53,62)(H,54,70)(H,55,71)(H,56,63)(H,57,64)(H,68,69)(H3,51,52,73)/t32-,35+,36+,44?,45-/m1/s1. The molecule has 1 saturated heterocycles. The molecule has 0 bridgehead atoms. The molecule has 9 N–H and O–H groups in total. The third-order valence-corrected chi connectivity index (χ3v) is 12.6. The fourth-order valence-corrected chi connectivity index (χ4v) is 8.43. The van der Waals surface area contributed by atoms with Crippen LogP contribution in [0.5, 0.6) is 0 Å². The summed E-state index contributed by atoms with van der Waals surface area (Å²) in [6, 6.07) is 3.08. The van der Waals surface area contributed by atoms with Crippen molar-refractivity contribution in [2.24, 2.45) is 17.6 Å². The Balaban J connectivity index is 1.43. The van der Waals surface area contributed by atoms with Crippen LogP contribution in [0.3, 0.4) is 0 Å². The smallest absolute Gasteiger partial charge is 0.410 e. The number of likely N-dealkylation sites (tertiary alicyclic amines) is 1. The van der Waals surface area contributed by atoms with Crippen LogP contribution in [0, 0.1) is 11.8 Å². The van der Waals surface area contributed by atoms with Gasteiger partial charge in [0.2, 0.25) is 41.4 Å². The van der Waals surface area contributed by atoms with Crippen molar-refractivity contribution in [3.05, 3.63) is 42.0 Å². The molecule has 0 aromatic heterocycles. The number of nitrogens with two attached hydrogens (primary N) is 1. The molecule has 2 aliphatic rings. The van der Waals surface area contributed by atoms with Crippen molar-refractivity contribution >= 4 is 76.9 Å². The second-order valence-electron chi connectivity index (χ2n) is 18.9. The first-order chi connectivity index (χ1) is 36.0. The Hall–Kier alpha value is -7.64. The van der Waals surface area contributed by atoms with Crippen molar-refractivity contribution in [2.45, 2.75) is 116 Å². The van der Waals surface area contributed by atoms with Crippen molar-refractivity contribution < 1.29 is 72.1 Å². The van der Waals surface area contributed by atoms with Gasteiger partial charge in [0, 0.05) is 78.1 Å². The molecule has 0 radical (unpaired) electrons. The maximum atomic E-state index is 13.5. The second kappa shape index (κ2) is 31.9. The molecule has 1 fully saturated rings. The monoisotopic (exact) mass is 1070 g/mol. The number of primary amides is 1. The molecule has 1 aromatic rings. The SMILES string of the molecule is CO[C@H]([C@@H](C)C(=O)NCC(=O)O)[C@@H]1CCCN1C(=O)CCCN(C)C(=O)C(NC(=O)CN(C)C(=O)OCc1ccc(NC(=O)[C@H](CCCNC(N)=O)NC(=O)CNC(=O)CCCCCN2C(=O)C=CC2=O)cc1)C(C)C. The highest BCUT2D eigenvalue weighted by atomic mass is 16.6. The van der Waals surface area contributed by atoms with Gasteiger partial charge >= 0.3 is 18.1 Å². The van der Waals surface area contributed by atoms with Crippen LogP contribution in [0.15, 0.2) is 36.4 Å². The zero-order valence-electron chi connectivity index (χ0n) is 44.2. The Bertz CT molecular complexity index is 2240. The molecule has 2 aliphatic heterocycles. The molecule has 26 heteroatoms. The first kappa shape index (κ1) is 62.7. The van der Waals surface area contributed by atoms with E-state index in [4.69, 9.17) is 20.3 Å². The Kier molecular flexibility index (Phi) is 26.3. The molecule has 0 saturated carbocycles. The predicted molar refractivity (Wildman–Crippen MR) is 273 cm³/mol. The van der Waals surface area contributed by atoms with Gasteiger partial charge in [-0.25, -0.2) is 9.59 Å². The summed E-state index contributed by atoms with van der Waals surface area (Å²) in [5, 5.41) is 24.2. The first-order valence-electron chi connectivity index (χ1n) is 25.3. The summed E-state index contributed by atoms with van der Waals surface area (Å²) in [5.41, 5.74) is 6.01. The number of amides is 12. The number of rotatable bonds is 32. The minimum absolute atomic E-state index is 0.0990. The number of likely N-dealkylation sites (N-methyl/N-ethyl adjacent to an activating group) is 2. The minimum atomic E-state index is -1.18. The molecule has 12 amide bonds. The lowest BCUT2D eigenvalue weighted by molar-refractivity contribution is -0.142. The van der Waals surface area contributed by atoms with E-state index in [2.05, 4.69) is 31.9 Å². The normalized spacial score (nSPS) is 15.5. The Morgan fingerprint density at radius 1 is 0.789 bits per heavy atom. The summed E-state index contributed by atoms with van der Waals surface area (Å²) in [5.74, 6) is -6.32. The molecule has 1 unspecified atom stereocenters. The number of carbonyl (C=O) groups excluding carboxylic acids is 11. The highest BCUT2D eigenvalue weighted by molar-refractivity contribution is 6.12. The van der Waals surface area contributed by atoms with E-state index in [0.29, 0.717) is 56.3 Å². The Morgan fingerprint density at radius 3 is 2.11 bits per heavy atom. The zero-order valence-corrected chi connectivity index (χ0v) is 44.2. The van der Waals surface area contributed by atoms with E-state index in [0.717, 1.165) is 9.80 Å². The molecule has 2 heterocycles. The number of carbonyl (C=O) groups is 12. The van der Waals surface area contributed by atoms with Crippen LogP contribution in [0.25, 0.3) is 0 Å². The van der Waals surface area contributed by atoms with Crippen LogP contribution in [-0.2, 0) is 64.0 Å². The lowest BCUT2D eigenvalue weighted by Gasteiger charge is -2.34. The molecule has 0 spiro atoms. The first-order valence-corrected chi connectivity index (χ1v) is 25.3. The number of imide groups is 1. The van der Waals surface area contributed by atoms with E-state index in [1.54, 1.807) is 57.0 Å². The second-order valence-corrected chi connectivity index (χ2v) is 18.9. The third-order valence-electron chi connectivity index (χ3n) is 12.6. The summed E-state index contributed by atoms with van der Waals surface area (Å²) < 4.78 is 11.0.